The summed E-state index contributed by atoms with van der Waals surface area (Å²) in [6.07, 6.45) is -0.353. The maximum absolute atomic E-state index is 10.1. The minimum atomic E-state index is -0.353. The van der Waals surface area contributed by atoms with Crippen molar-refractivity contribution in [3.63, 3.8) is 0 Å². The van der Waals surface area contributed by atoms with Crippen molar-refractivity contribution in [2.45, 2.75) is 20.0 Å². The topological polar surface area (TPSA) is 35.5 Å². The smallest absolute Gasteiger partial charge is 0.0839 e. The van der Waals surface area contributed by atoms with Gasteiger partial charge in [0, 0.05) is 24.2 Å². The van der Waals surface area contributed by atoms with Crippen LogP contribution in [0.5, 0.6) is 0 Å². The standard InChI is InChI=1S/C17H24N2O/c1-3-19(4-2)13-15(20)12-18-17-11-7-9-14-8-5-6-10-16(14)17/h5-11,15,18,20H,3-4,12-13H2,1-2H3/t15-/m1/s1. The molecule has 0 saturated heterocycles. The molecule has 108 valence electrons. The Labute approximate surface area is 121 Å². The lowest BCUT2D eigenvalue weighted by molar-refractivity contribution is 0.128. The molecule has 0 aliphatic carbocycles. The van der Waals surface area contributed by atoms with E-state index in [0.29, 0.717) is 13.1 Å². The van der Waals surface area contributed by atoms with E-state index < -0.39 is 0 Å². The van der Waals surface area contributed by atoms with Gasteiger partial charge in [-0.2, -0.15) is 0 Å². The van der Waals surface area contributed by atoms with Crippen LogP contribution in [-0.2, 0) is 0 Å². The third kappa shape index (κ3) is 3.71. The van der Waals surface area contributed by atoms with Gasteiger partial charge in [0.15, 0.2) is 0 Å². The largest absolute Gasteiger partial charge is 0.390 e. The van der Waals surface area contributed by atoms with Crippen LogP contribution in [0.15, 0.2) is 42.5 Å². The Morgan fingerprint density at radius 3 is 2.50 bits per heavy atom. The van der Waals surface area contributed by atoms with Gasteiger partial charge in [-0.3, -0.25) is 0 Å². The van der Waals surface area contributed by atoms with Gasteiger partial charge in [-0.25, -0.2) is 0 Å². The first-order valence-corrected chi connectivity index (χ1v) is 7.36. The van der Waals surface area contributed by atoms with Crippen molar-refractivity contribution in [2.24, 2.45) is 0 Å². The maximum atomic E-state index is 10.1. The average molecular weight is 272 g/mol. The maximum Gasteiger partial charge on any atom is 0.0839 e. The molecule has 0 radical (unpaired) electrons. The summed E-state index contributed by atoms with van der Waals surface area (Å²) in [5, 5.41) is 15.9. The zero-order valence-corrected chi connectivity index (χ0v) is 12.3. The van der Waals surface area contributed by atoms with Crippen molar-refractivity contribution in [1.82, 2.24) is 4.90 Å². The number of fused-ring (bicyclic) bond motifs is 1. The Morgan fingerprint density at radius 2 is 1.75 bits per heavy atom. The summed E-state index contributed by atoms with van der Waals surface area (Å²) in [4.78, 5) is 2.23. The number of aliphatic hydroxyl groups excluding tert-OH is 1. The third-order valence-electron chi connectivity index (χ3n) is 3.68. The van der Waals surface area contributed by atoms with Gasteiger partial charge >= 0.3 is 0 Å². The van der Waals surface area contributed by atoms with E-state index in [-0.39, 0.29) is 6.10 Å². The second kappa shape index (κ2) is 7.27. The molecule has 2 N–H and O–H groups in total. The molecule has 20 heavy (non-hydrogen) atoms. The van der Waals surface area contributed by atoms with Crippen LogP contribution >= 0.6 is 0 Å². The van der Waals surface area contributed by atoms with E-state index in [2.05, 4.69) is 48.3 Å². The van der Waals surface area contributed by atoms with E-state index in [0.717, 1.165) is 18.8 Å². The fourth-order valence-corrected chi connectivity index (χ4v) is 2.45. The SMILES string of the molecule is CCN(CC)C[C@H](O)CNc1cccc2ccccc12. The number of nitrogens with one attached hydrogen (secondary N) is 1. The van der Waals surface area contributed by atoms with Crippen LogP contribution in [0.25, 0.3) is 10.8 Å². The highest BCUT2D eigenvalue weighted by Gasteiger charge is 2.09. The average Bonchev–Trinajstić information content (AvgIpc) is 2.50. The van der Waals surface area contributed by atoms with Crippen molar-refractivity contribution < 1.29 is 5.11 Å². The fourth-order valence-electron chi connectivity index (χ4n) is 2.45. The number of nitrogens with zero attached hydrogens (tertiary/aromatic N) is 1. The second-order valence-electron chi connectivity index (χ2n) is 5.05. The summed E-state index contributed by atoms with van der Waals surface area (Å²) in [6.45, 7) is 7.47. The Kier molecular flexibility index (Phi) is 5.39. The van der Waals surface area contributed by atoms with Crippen LogP contribution in [-0.4, -0.2) is 42.3 Å². The molecule has 0 aliphatic rings. The first-order valence-electron chi connectivity index (χ1n) is 7.36. The van der Waals surface area contributed by atoms with E-state index in [1.54, 1.807) is 0 Å². The van der Waals surface area contributed by atoms with E-state index >= 15 is 0 Å². The van der Waals surface area contributed by atoms with Gasteiger partial charge in [-0.05, 0) is 24.5 Å². The van der Waals surface area contributed by atoms with Crippen LogP contribution in [0.1, 0.15) is 13.8 Å². The molecule has 0 amide bonds. The highest BCUT2D eigenvalue weighted by Crippen LogP contribution is 2.22. The molecule has 2 aromatic carbocycles. The summed E-state index contributed by atoms with van der Waals surface area (Å²) in [6, 6.07) is 14.5. The van der Waals surface area contributed by atoms with Crippen molar-refractivity contribution >= 4 is 16.5 Å². The van der Waals surface area contributed by atoms with Crippen LogP contribution in [0.3, 0.4) is 0 Å². The highest BCUT2D eigenvalue weighted by atomic mass is 16.3. The van der Waals surface area contributed by atoms with Gasteiger partial charge in [0.05, 0.1) is 6.10 Å². The van der Waals surface area contributed by atoms with E-state index in [1.807, 2.05) is 18.2 Å². The summed E-state index contributed by atoms with van der Waals surface area (Å²) in [5.41, 5.74) is 1.08. The monoisotopic (exact) mass is 272 g/mol. The molecule has 0 bridgehead atoms. The molecule has 0 saturated carbocycles. The van der Waals surface area contributed by atoms with Crippen LogP contribution < -0.4 is 5.32 Å². The lowest BCUT2D eigenvalue weighted by Gasteiger charge is -2.22. The molecule has 0 unspecified atom stereocenters. The molecule has 0 aromatic heterocycles. The highest BCUT2D eigenvalue weighted by molar-refractivity contribution is 5.93. The molecule has 3 nitrogen and oxygen atoms in total. The summed E-state index contributed by atoms with van der Waals surface area (Å²) in [7, 11) is 0. The number of hydrogen-bond donors (Lipinski definition) is 2. The third-order valence-corrected chi connectivity index (χ3v) is 3.68. The molecule has 0 heterocycles. The summed E-state index contributed by atoms with van der Waals surface area (Å²) >= 11 is 0. The molecular formula is C17H24N2O. The molecule has 1 atom stereocenters. The van der Waals surface area contributed by atoms with E-state index in [1.165, 1.54) is 10.8 Å². The molecule has 0 aliphatic heterocycles. The summed E-state index contributed by atoms with van der Waals surface area (Å²) in [5.74, 6) is 0. The quantitative estimate of drug-likeness (QED) is 0.813. The lowest BCUT2D eigenvalue weighted by atomic mass is 10.1. The first-order chi connectivity index (χ1) is 9.74. The molecule has 0 spiro atoms. The van der Waals surface area contributed by atoms with E-state index in [9.17, 15) is 5.11 Å². The number of hydrogen-bond acceptors (Lipinski definition) is 3. The number of benzene rings is 2. The van der Waals surface area contributed by atoms with E-state index in [4.69, 9.17) is 0 Å². The van der Waals surface area contributed by atoms with Gasteiger partial charge in [0.25, 0.3) is 0 Å². The van der Waals surface area contributed by atoms with Crippen LogP contribution in [0.2, 0.25) is 0 Å². The van der Waals surface area contributed by atoms with Crippen molar-refractivity contribution in [1.29, 1.82) is 0 Å². The number of likely N-dealkylation sites (N-methyl/N-ethyl adjacent to an activating group) is 1. The Bertz CT molecular complexity index is 532. The zero-order chi connectivity index (χ0) is 14.4. The molecule has 2 aromatic rings. The summed E-state index contributed by atoms with van der Waals surface area (Å²) < 4.78 is 0. The van der Waals surface area contributed by atoms with Gasteiger partial charge < -0.3 is 15.3 Å². The first kappa shape index (κ1) is 14.8. The molecule has 0 fully saturated rings. The van der Waals surface area contributed by atoms with Gasteiger partial charge in [0.1, 0.15) is 0 Å². The second-order valence-corrected chi connectivity index (χ2v) is 5.05. The van der Waals surface area contributed by atoms with Crippen molar-refractivity contribution in [3.05, 3.63) is 42.5 Å². The number of aliphatic hydroxyl groups is 1. The van der Waals surface area contributed by atoms with Crippen LogP contribution in [0.4, 0.5) is 5.69 Å². The number of rotatable bonds is 7. The van der Waals surface area contributed by atoms with Crippen molar-refractivity contribution in [3.8, 4) is 0 Å². The fraction of sp³-hybridized carbons (Fsp3) is 0.412. The Morgan fingerprint density at radius 1 is 1.05 bits per heavy atom. The molecule has 3 heteroatoms. The lowest BCUT2D eigenvalue weighted by Crippen LogP contribution is -2.35. The van der Waals surface area contributed by atoms with Gasteiger partial charge in [-0.15, -0.1) is 0 Å². The van der Waals surface area contributed by atoms with Crippen LogP contribution in [0, 0.1) is 0 Å². The predicted octanol–water partition coefficient (Wildman–Crippen LogP) is 2.95. The number of anilines is 1. The van der Waals surface area contributed by atoms with Gasteiger partial charge in [-0.1, -0.05) is 50.2 Å². The Hall–Kier alpha value is -1.58. The van der Waals surface area contributed by atoms with Gasteiger partial charge in [0.2, 0.25) is 0 Å². The molecular weight excluding hydrogens is 248 g/mol. The minimum absolute atomic E-state index is 0.353. The molecule has 2 rings (SSSR count). The minimum Gasteiger partial charge on any atom is -0.390 e. The Balaban J connectivity index is 1.99. The zero-order valence-electron chi connectivity index (χ0n) is 12.3. The van der Waals surface area contributed by atoms with Crippen molar-refractivity contribution in [2.75, 3.05) is 31.5 Å². The normalized spacial score (nSPS) is 12.8. The predicted molar refractivity (Wildman–Crippen MR) is 86.2 cm³/mol.